The molecule has 18 heavy (non-hydrogen) atoms. The summed E-state index contributed by atoms with van der Waals surface area (Å²) in [7, 11) is 2.23. The first kappa shape index (κ1) is 15.7. The van der Waals surface area contributed by atoms with Crippen molar-refractivity contribution in [2.75, 3.05) is 26.7 Å². The monoisotopic (exact) mass is 268 g/mol. The molecule has 0 saturated heterocycles. The molecular formula is C15H28N2S. The second-order valence-corrected chi connectivity index (χ2v) is 7.05. The molecule has 0 aromatic carbocycles. The molecular weight excluding hydrogens is 240 g/mol. The number of rotatable bonds is 8. The van der Waals surface area contributed by atoms with Gasteiger partial charge in [0.05, 0.1) is 0 Å². The van der Waals surface area contributed by atoms with E-state index in [2.05, 4.69) is 55.5 Å². The van der Waals surface area contributed by atoms with Crippen LogP contribution < -0.4 is 5.32 Å². The van der Waals surface area contributed by atoms with Crippen molar-refractivity contribution >= 4 is 11.3 Å². The second kappa shape index (κ2) is 7.93. The molecule has 0 unspecified atom stereocenters. The highest BCUT2D eigenvalue weighted by atomic mass is 32.1. The van der Waals surface area contributed by atoms with Crippen LogP contribution >= 0.6 is 11.3 Å². The number of likely N-dealkylation sites (N-methyl/N-ethyl adjacent to an activating group) is 1. The molecule has 1 rings (SSSR count). The van der Waals surface area contributed by atoms with Crippen molar-refractivity contribution in [3.63, 3.8) is 0 Å². The molecule has 0 bridgehead atoms. The van der Waals surface area contributed by atoms with Gasteiger partial charge >= 0.3 is 0 Å². The Bertz CT molecular complexity index is 301. The molecule has 0 aliphatic heterocycles. The molecule has 0 amide bonds. The van der Waals surface area contributed by atoms with Gasteiger partial charge in [-0.1, -0.05) is 6.07 Å². The average molecular weight is 268 g/mol. The molecule has 1 aromatic rings. The molecule has 1 aromatic heterocycles. The summed E-state index contributed by atoms with van der Waals surface area (Å²) in [5.41, 5.74) is 0.255. The van der Waals surface area contributed by atoms with Gasteiger partial charge in [-0.05, 0) is 71.6 Å². The third-order valence-electron chi connectivity index (χ3n) is 2.94. The van der Waals surface area contributed by atoms with Gasteiger partial charge in [0.25, 0.3) is 0 Å². The highest BCUT2D eigenvalue weighted by molar-refractivity contribution is 7.09. The van der Waals surface area contributed by atoms with Gasteiger partial charge in [-0.25, -0.2) is 0 Å². The minimum atomic E-state index is 0.255. The Labute approximate surface area is 116 Å². The summed E-state index contributed by atoms with van der Waals surface area (Å²) in [5.74, 6) is 0. The molecule has 0 radical (unpaired) electrons. The quantitative estimate of drug-likeness (QED) is 0.727. The van der Waals surface area contributed by atoms with Crippen LogP contribution in [0.5, 0.6) is 0 Å². The SMILES string of the molecule is CN(CCCCNC(C)(C)C)CCc1cccs1. The highest BCUT2D eigenvalue weighted by Crippen LogP contribution is 2.09. The lowest BCUT2D eigenvalue weighted by molar-refractivity contribution is 0.324. The summed E-state index contributed by atoms with van der Waals surface area (Å²) in [6, 6.07) is 4.37. The van der Waals surface area contributed by atoms with E-state index in [4.69, 9.17) is 0 Å². The Balaban J connectivity index is 1.98. The van der Waals surface area contributed by atoms with Crippen molar-refractivity contribution in [3.05, 3.63) is 22.4 Å². The molecule has 0 saturated carbocycles. The first-order valence-electron chi connectivity index (χ1n) is 6.93. The van der Waals surface area contributed by atoms with Crippen LogP contribution in [0.15, 0.2) is 17.5 Å². The minimum absolute atomic E-state index is 0.255. The van der Waals surface area contributed by atoms with E-state index in [1.807, 2.05) is 11.3 Å². The Kier molecular flexibility index (Phi) is 6.90. The number of nitrogens with zero attached hydrogens (tertiary/aromatic N) is 1. The lowest BCUT2D eigenvalue weighted by atomic mass is 10.1. The minimum Gasteiger partial charge on any atom is -0.312 e. The third-order valence-corrected chi connectivity index (χ3v) is 3.88. The lowest BCUT2D eigenvalue weighted by Gasteiger charge is -2.21. The zero-order valence-corrected chi connectivity index (χ0v) is 13.1. The number of unbranched alkanes of at least 4 members (excludes halogenated alkanes) is 1. The van der Waals surface area contributed by atoms with Crippen LogP contribution in [-0.2, 0) is 6.42 Å². The van der Waals surface area contributed by atoms with Gasteiger partial charge in [0.15, 0.2) is 0 Å². The van der Waals surface area contributed by atoms with E-state index in [-0.39, 0.29) is 5.54 Å². The summed E-state index contributed by atoms with van der Waals surface area (Å²) in [6.45, 7) is 10.2. The van der Waals surface area contributed by atoms with E-state index in [1.54, 1.807) is 0 Å². The van der Waals surface area contributed by atoms with Gasteiger partial charge in [0.2, 0.25) is 0 Å². The lowest BCUT2D eigenvalue weighted by Crippen LogP contribution is -2.36. The van der Waals surface area contributed by atoms with Crippen molar-refractivity contribution in [1.82, 2.24) is 10.2 Å². The highest BCUT2D eigenvalue weighted by Gasteiger charge is 2.07. The molecule has 1 N–H and O–H groups in total. The van der Waals surface area contributed by atoms with E-state index >= 15 is 0 Å². The Morgan fingerprint density at radius 1 is 1.22 bits per heavy atom. The van der Waals surface area contributed by atoms with Gasteiger partial charge < -0.3 is 10.2 Å². The molecule has 2 nitrogen and oxygen atoms in total. The molecule has 104 valence electrons. The predicted octanol–water partition coefficient (Wildman–Crippen LogP) is 3.39. The van der Waals surface area contributed by atoms with Crippen molar-refractivity contribution in [3.8, 4) is 0 Å². The Morgan fingerprint density at radius 3 is 2.61 bits per heavy atom. The summed E-state index contributed by atoms with van der Waals surface area (Å²) >= 11 is 1.86. The first-order valence-corrected chi connectivity index (χ1v) is 7.81. The maximum absolute atomic E-state index is 3.53. The summed E-state index contributed by atoms with van der Waals surface area (Å²) < 4.78 is 0. The predicted molar refractivity (Wildman–Crippen MR) is 82.5 cm³/mol. The average Bonchev–Trinajstić information content (AvgIpc) is 2.77. The fourth-order valence-electron chi connectivity index (χ4n) is 1.84. The van der Waals surface area contributed by atoms with Crippen LogP contribution in [0.4, 0.5) is 0 Å². The summed E-state index contributed by atoms with van der Waals surface area (Å²) in [6.07, 6.45) is 3.74. The zero-order chi connectivity index (χ0) is 13.4. The topological polar surface area (TPSA) is 15.3 Å². The van der Waals surface area contributed by atoms with E-state index in [0.29, 0.717) is 0 Å². The normalized spacial score (nSPS) is 12.3. The van der Waals surface area contributed by atoms with E-state index in [9.17, 15) is 0 Å². The largest absolute Gasteiger partial charge is 0.312 e. The second-order valence-electron chi connectivity index (χ2n) is 6.02. The third kappa shape index (κ3) is 7.85. The Morgan fingerprint density at radius 2 is 2.00 bits per heavy atom. The maximum Gasteiger partial charge on any atom is 0.00965 e. The molecule has 3 heteroatoms. The molecule has 1 heterocycles. The number of hydrogen-bond donors (Lipinski definition) is 1. The maximum atomic E-state index is 3.53. The molecule has 0 aliphatic carbocycles. The van der Waals surface area contributed by atoms with Crippen molar-refractivity contribution in [2.45, 2.75) is 45.6 Å². The van der Waals surface area contributed by atoms with Crippen LogP contribution in [0.3, 0.4) is 0 Å². The van der Waals surface area contributed by atoms with E-state index in [1.165, 1.54) is 37.2 Å². The molecule has 0 spiro atoms. The fourth-order valence-corrected chi connectivity index (χ4v) is 2.54. The summed E-state index contributed by atoms with van der Waals surface area (Å²) in [4.78, 5) is 3.94. The van der Waals surface area contributed by atoms with Gasteiger partial charge in [0.1, 0.15) is 0 Å². The smallest absolute Gasteiger partial charge is 0.00965 e. The Hall–Kier alpha value is -0.380. The van der Waals surface area contributed by atoms with Gasteiger partial charge in [-0.15, -0.1) is 11.3 Å². The van der Waals surface area contributed by atoms with Crippen molar-refractivity contribution < 1.29 is 0 Å². The molecule has 0 aliphatic rings. The van der Waals surface area contributed by atoms with Crippen LogP contribution in [0.25, 0.3) is 0 Å². The van der Waals surface area contributed by atoms with E-state index in [0.717, 1.165) is 6.54 Å². The van der Waals surface area contributed by atoms with Crippen LogP contribution in [0.2, 0.25) is 0 Å². The fraction of sp³-hybridized carbons (Fsp3) is 0.733. The number of nitrogens with one attached hydrogen (secondary N) is 1. The van der Waals surface area contributed by atoms with Crippen molar-refractivity contribution in [1.29, 1.82) is 0 Å². The van der Waals surface area contributed by atoms with Crippen LogP contribution in [0, 0.1) is 0 Å². The van der Waals surface area contributed by atoms with Gasteiger partial charge in [-0.2, -0.15) is 0 Å². The van der Waals surface area contributed by atoms with Crippen LogP contribution in [-0.4, -0.2) is 37.1 Å². The van der Waals surface area contributed by atoms with E-state index < -0.39 is 0 Å². The molecule has 0 fully saturated rings. The molecule has 0 atom stereocenters. The van der Waals surface area contributed by atoms with Gasteiger partial charge in [0, 0.05) is 17.0 Å². The van der Waals surface area contributed by atoms with Gasteiger partial charge in [-0.3, -0.25) is 0 Å². The van der Waals surface area contributed by atoms with Crippen LogP contribution in [0.1, 0.15) is 38.5 Å². The zero-order valence-electron chi connectivity index (χ0n) is 12.3. The van der Waals surface area contributed by atoms with Crippen molar-refractivity contribution in [2.24, 2.45) is 0 Å². The number of hydrogen-bond acceptors (Lipinski definition) is 3. The first-order chi connectivity index (χ1) is 8.47. The standard InChI is InChI=1S/C15H28N2S/c1-15(2,3)16-10-5-6-11-17(4)12-9-14-8-7-13-18-14/h7-8,13,16H,5-6,9-12H2,1-4H3. The summed E-state index contributed by atoms with van der Waals surface area (Å²) in [5, 5.41) is 5.69. The number of thiophene rings is 1.